The van der Waals surface area contributed by atoms with Crippen molar-refractivity contribution < 1.29 is 17.9 Å². The summed E-state index contributed by atoms with van der Waals surface area (Å²) in [5.74, 6) is 0.443. The Bertz CT molecular complexity index is 1180. The molecule has 0 spiro atoms. The fourth-order valence-corrected chi connectivity index (χ4v) is 3.72. The van der Waals surface area contributed by atoms with Crippen LogP contribution < -0.4 is 10.1 Å². The van der Waals surface area contributed by atoms with E-state index in [9.17, 15) is 13.2 Å². The Morgan fingerprint density at radius 3 is 2.45 bits per heavy atom. The van der Waals surface area contributed by atoms with Gasteiger partial charge >= 0.3 is 0 Å². The van der Waals surface area contributed by atoms with Gasteiger partial charge in [0.15, 0.2) is 0 Å². The van der Waals surface area contributed by atoms with Crippen molar-refractivity contribution in [1.82, 2.24) is 4.31 Å². The van der Waals surface area contributed by atoms with Crippen molar-refractivity contribution >= 4 is 38.5 Å². The van der Waals surface area contributed by atoms with Crippen LogP contribution in [0.5, 0.6) is 5.75 Å². The van der Waals surface area contributed by atoms with E-state index in [1.807, 2.05) is 36.4 Å². The molecule has 0 atom stereocenters. The number of fused-ring (bicyclic) bond motifs is 1. The van der Waals surface area contributed by atoms with Crippen molar-refractivity contribution in [3.05, 3.63) is 72.3 Å². The van der Waals surface area contributed by atoms with Crippen LogP contribution in [0.15, 0.2) is 71.6 Å². The summed E-state index contributed by atoms with van der Waals surface area (Å²) in [6, 6.07) is 17.8. The summed E-state index contributed by atoms with van der Waals surface area (Å²) >= 11 is 0. The van der Waals surface area contributed by atoms with Crippen LogP contribution in [0.2, 0.25) is 0 Å². The van der Waals surface area contributed by atoms with Crippen LogP contribution in [0.25, 0.3) is 16.8 Å². The standard InChI is InChI=1S/C22H22N2O4S/c1-24(2)29(26,27)21-6-4-5-19(15-21)23-22(25)12-8-16-7-9-18-14-20(28-3)11-10-17(18)13-16/h4-15H,1-3H3,(H,23,25)/b12-8+. The van der Waals surface area contributed by atoms with Gasteiger partial charge in [0.05, 0.1) is 12.0 Å². The van der Waals surface area contributed by atoms with Crippen molar-refractivity contribution in [2.45, 2.75) is 4.90 Å². The minimum absolute atomic E-state index is 0.120. The van der Waals surface area contributed by atoms with Crippen LogP contribution in [0.4, 0.5) is 5.69 Å². The zero-order valence-electron chi connectivity index (χ0n) is 16.4. The summed E-state index contributed by atoms with van der Waals surface area (Å²) in [4.78, 5) is 12.4. The summed E-state index contributed by atoms with van der Waals surface area (Å²) in [5.41, 5.74) is 1.29. The normalized spacial score (nSPS) is 11.9. The first-order valence-electron chi connectivity index (χ1n) is 8.89. The Kier molecular flexibility index (Phi) is 6.00. The number of methoxy groups -OCH3 is 1. The maximum Gasteiger partial charge on any atom is 0.248 e. The second kappa shape index (κ2) is 8.46. The molecule has 3 rings (SSSR count). The van der Waals surface area contributed by atoms with Crippen LogP contribution in [0, 0.1) is 0 Å². The Morgan fingerprint density at radius 1 is 1.00 bits per heavy atom. The molecule has 0 saturated heterocycles. The second-order valence-corrected chi connectivity index (χ2v) is 8.76. The number of carbonyl (C=O) groups excluding carboxylic acids is 1. The fraction of sp³-hybridized carbons (Fsp3) is 0.136. The zero-order valence-corrected chi connectivity index (χ0v) is 17.2. The molecule has 7 heteroatoms. The van der Waals surface area contributed by atoms with E-state index in [0.29, 0.717) is 5.69 Å². The Hall–Kier alpha value is -3.16. The number of hydrogen-bond donors (Lipinski definition) is 1. The lowest BCUT2D eigenvalue weighted by Crippen LogP contribution is -2.22. The molecule has 0 heterocycles. The fourth-order valence-electron chi connectivity index (χ4n) is 2.77. The molecule has 0 aromatic heterocycles. The topological polar surface area (TPSA) is 75.7 Å². The van der Waals surface area contributed by atoms with Crippen LogP contribution in [-0.4, -0.2) is 39.8 Å². The van der Waals surface area contributed by atoms with E-state index < -0.39 is 10.0 Å². The van der Waals surface area contributed by atoms with Gasteiger partial charge in [-0.05, 0) is 58.8 Å². The predicted octanol–water partition coefficient (Wildman–Crippen LogP) is 3.75. The van der Waals surface area contributed by atoms with Crippen LogP contribution >= 0.6 is 0 Å². The molecule has 0 bridgehead atoms. The van der Waals surface area contributed by atoms with Gasteiger partial charge in [-0.3, -0.25) is 4.79 Å². The number of sulfonamides is 1. The quantitative estimate of drug-likeness (QED) is 0.628. The molecule has 29 heavy (non-hydrogen) atoms. The third kappa shape index (κ3) is 4.82. The summed E-state index contributed by atoms with van der Waals surface area (Å²) in [7, 11) is 0.989. The molecule has 0 aliphatic heterocycles. The SMILES string of the molecule is COc1ccc2cc(/C=C/C(=O)Nc3cccc(S(=O)(=O)N(C)C)c3)ccc2c1. The Labute approximate surface area is 170 Å². The van der Waals surface area contributed by atoms with Gasteiger partial charge < -0.3 is 10.1 Å². The maximum atomic E-state index is 12.3. The highest BCUT2D eigenvalue weighted by Crippen LogP contribution is 2.22. The smallest absolute Gasteiger partial charge is 0.248 e. The first-order chi connectivity index (χ1) is 13.8. The molecule has 0 aliphatic carbocycles. The third-order valence-corrected chi connectivity index (χ3v) is 6.19. The molecule has 1 N–H and O–H groups in total. The summed E-state index contributed by atoms with van der Waals surface area (Å²) in [6.07, 6.45) is 3.12. The molecule has 1 amide bonds. The average molecular weight is 410 g/mol. The van der Waals surface area contributed by atoms with Crippen molar-refractivity contribution in [1.29, 1.82) is 0 Å². The molecular formula is C22H22N2O4S. The van der Waals surface area contributed by atoms with E-state index in [0.717, 1.165) is 26.4 Å². The van der Waals surface area contributed by atoms with Crippen molar-refractivity contribution in [2.24, 2.45) is 0 Å². The molecule has 0 fully saturated rings. The minimum Gasteiger partial charge on any atom is -0.497 e. The molecule has 0 aliphatic rings. The molecule has 0 radical (unpaired) electrons. The lowest BCUT2D eigenvalue weighted by Gasteiger charge is -2.12. The van der Waals surface area contributed by atoms with E-state index >= 15 is 0 Å². The van der Waals surface area contributed by atoms with Gasteiger partial charge in [0.25, 0.3) is 0 Å². The molecule has 6 nitrogen and oxygen atoms in total. The lowest BCUT2D eigenvalue weighted by molar-refractivity contribution is -0.111. The minimum atomic E-state index is -3.56. The van der Waals surface area contributed by atoms with Crippen LogP contribution in [0.1, 0.15) is 5.56 Å². The molecule has 3 aromatic rings. The van der Waals surface area contributed by atoms with Gasteiger partial charge in [-0.1, -0.05) is 24.3 Å². The van der Waals surface area contributed by atoms with E-state index in [1.54, 1.807) is 25.3 Å². The van der Waals surface area contributed by atoms with E-state index in [2.05, 4.69) is 5.32 Å². The predicted molar refractivity (Wildman–Crippen MR) is 115 cm³/mol. The summed E-state index contributed by atoms with van der Waals surface area (Å²) in [5, 5.41) is 4.77. The van der Waals surface area contributed by atoms with Gasteiger partial charge in [-0.25, -0.2) is 12.7 Å². The zero-order chi connectivity index (χ0) is 21.0. The van der Waals surface area contributed by atoms with Crippen LogP contribution in [-0.2, 0) is 14.8 Å². The highest BCUT2D eigenvalue weighted by atomic mass is 32.2. The maximum absolute atomic E-state index is 12.3. The first kappa shape index (κ1) is 20.6. The Morgan fingerprint density at radius 2 is 1.72 bits per heavy atom. The molecule has 150 valence electrons. The number of carbonyl (C=O) groups is 1. The van der Waals surface area contributed by atoms with E-state index in [-0.39, 0.29) is 10.8 Å². The number of nitrogens with one attached hydrogen (secondary N) is 1. The van der Waals surface area contributed by atoms with E-state index in [1.165, 1.54) is 32.3 Å². The monoisotopic (exact) mass is 410 g/mol. The number of hydrogen-bond acceptors (Lipinski definition) is 4. The number of rotatable bonds is 6. The van der Waals surface area contributed by atoms with Crippen LogP contribution in [0.3, 0.4) is 0 Å². The first-order valence-corrected chi connectivity index (χ1v) is 10.3. The van der Waals surface area contributed by atoms with E-state index in [4.69, 9.17) is 4.74 Å². The van der Waals surface area contributed by atoms with Gasteiger partial charge in [0, 0.05) is 25.9 Å². The number of ether oxygens (including phenoxy) is 1. The van der Waals surface area contributed by atoms with Gasteiger partial charge in [0.2, 0.25) is 15.9 Å². The number of benzene rings is 3. The lowest BCUT2D eigenvalue weighted by atomic mass is 10.1. The molecule has 3 aromatic carbocycles. The average Bonchev–Trinajstić information content (AvgIpc) is 2.71. The molecule has 0 unspecified atom stereocenters. The highest BCUT2D eigenvalue weighted by molar-refractivity contribution is 7.89. The van der Waals surface area contributed by atoms with Crippen molar-refractivity contribution in [2.75, 3.05) is 26.5 Å². The van der Waals surface area contributed by atoms with Crippen molar-refractivity contribution in [3.63, 3.8) is 0 Å². The highest BCUT2D eigenvalue weighted by Gasteiger charge is 2.17. The molecular weight excluding hydrogens is 388 g/mol. The third-order valence-electron chi connectivity index (χ3n) is 4.38. The number of amides is 1. The molecule has 0 saturated carbocycles. The second-order valence-electron chi connectivity index (χ2n) is 6.61. The number of anilines is 1. The van der Waals surface area contributed by atoms with Gasteiger partial charge in [-0.15, -0.1) is 0 Å². The Balaban J connectivity index is 1.74. The number of nitrogens with zero attached hydrogens (tertiary/aromatic N) is 1. The van der Waals surface area contributed by atoms with Gasteiger partial charge in [0.1, 0.15) is 5.75 Å². The summed E-state index contributed by atoms with van der Waals surface area (Å²) < 4.78 is 30.8. The van der Waals surface area contributed by atoms with Crippen molar-refractivity contribution in [3.8, 4) is 5.75 Å². The largest absolute Gasteiger partial charge is 0.497 e. The van der Waals surface area contributed by atoms with Gasteiger partial charge in [-0.2, -0.15) is 0 Å². The summed E-state index contributed by atoms with van der Waals surface area (Å²) in [6.45, 7) is 0.